The first-order valence-corrected chi connectivity index (χ1v) is 6.62. The molecular formula is C13H26N4O. The zero-order chi connectivity index (χ0) is 13.5. The smallest absolute Gasteiger partial charge is 0.243 e. The standard InChI is InChI=1S/C13H26N4O/c1-4-17-9-7-12(11(14)10-17)15-13(18)6-5-8-16(2)3/h5-6,11-12H,4,7-10,14H2,1-3H3,(H,15,18)/b6-5+/t11-,12+/m1/s1. The van der Waals surface area contributed by atoms with Gasteiger partial charge in [-0.15, -0.1) is 0 Å². The van der Waals surface area contributed by atoms with Gasteiger partial charge >= 0.3 is 0 Å². The van der Waals surface area contributed by atoms with Crippen LogP contribution in [0.4, 0.5) is 0 Å². The van der Waals surface area contributed by atoms with Gasteiger partial charge < -0.3 is 20.9 Å². The Morgan fingerprint density at radius 3 is 2.83 bits per heavy atom. The van der Waals surface area contributed by atoms with Crippen molar-refractivity contribution in [2.24, 2.45) is 5.73 Å². The minimum absolute atomic E-state index is 0.0323. The predicted octanol–water partition coefficient (Wildman–Crippen LogP) is -0.358. The molecule has 1 aliphatic rings. The molecule has 1 rings (SSSR count). The highest BCUT2D eigenvalue weighted by atomic mass is 16.1. The van der Waals surface area contributed by atoms with Crippen molar-refractivity contribution in [3.8, 4) is 0 Å². The third-order valence-corrected chi connectivity index (χ3v) is 3.26. The molecule has 0 aromatic rings. The van der Waals surface area contributed by atoms with Crippen molar-refractivity contribution >= 4 is 5.91 Å². The Balaban J connectivity index is 2.34. The Hall–Kier alpha value is -0.910. The van der Waals surface area contributed by atoms with E-state index in [0.29, 0.717) is 0 Å². The summed E-state index contributed by atoms with van der Waals surface area (Å²) in [5.41, 5.74) is 6.08. The molecular weight excluding hydrogens is 228 g/mol. The second kappa shape index (κ2) is 7.51. The lowest BCUT2D eigenvalue weighted by atomic mass is 10.00. The van der Waals surface area contributed by atoms with Crippen LogP contribution in [0.5, 0.6) is 0 Å². The number of nitrogens with zero attached hydrogens (tertiary/aromatic N) is 2. The fourth-order valence-electron chi connectivity index (χ4n) is 2.12. The van der Waals surface area contributed by atoms with Crippen molar-refractivity contribution in [2.45, 2.75) is 25.4 Å². The number of amides is 1. The highest BCUT2D eigenvalue weighted by Gasteiger charge is 2.26. The van der Waals surface area contributed by atoms with Gasteiger partial charge in [-0.05, 0) is 27.1 Å². The highest BCUT2D eigenvalue weighted by molar-refractivity contribution is 5.87. The summed E-state index contributed by atoms with van der Waals surface area (Å²) >= 11 is 0. The van der Waals surface area contributed by atoms with E-state index in [1.165, 1.54) is 0 Å². The number of carbonyl (C=O) groups is 1. The normalized spacial score (nSPS) is 25.8. The maximum absolute atomic E-state index is 11.7. The molecule has 0 aromatic carbocycles. The van der Waals surface area contributed by atoms with Crippen LogP contribution in [0.25, 0.3) is 0 Å². The second-order valence-electron chi connectivity index (χ2n) is 5.13. The molecule has 0 saturated carbocycles. The SMILES string of the molecule is CCN1CC[C@H](NC(=O)/C=C/CN(C)C)[C@H](N)C1. The number of nitrogens with two attached hydrogens (primary N) is 1. The number of hydrogen-bond acceptors (Lipinski definition) is 4. The fourth-order valence-corrected chi connectivity index (χ4v) is 2.12. The van der Waals surface area contributed by atoms with Gasteiger partial charge in [-0.25, -0.2) is 0 Å². The van der Waals surface area contributed by atoms with Gasteiger partial charge in [0.15, 0.2) is 0 Å². The van der Waals surface area contributed by atoms with Crippen LogP contribution in [0.15, 0.2) is 12.2 Å². The van der Waals surface area contributed by atoms with E-state index in [4.69, 9.17) is 5.73 Å². The molecule has 0 radical (unpaired) electrons. The van der Waals surface area contributed by atoms with E-state index in [2.05, 4.69) is 17.1 Å². The van der Waals surface area contributed by atoms with Crippen LogP contribution >= 0.6 is 0 Å². The average molecular weight is 254 g/mol. The average Bonchev–Trinajstić information content (AvgIpc) is 2.31. The first kappa shape index (κ1) is 15.1. The predicted molar refractivity (Wildman–Crippen MR) is 74.3 cm³/mol. The Bertz CT molecular complexity index is 291. The van der Waals surface area contributed by atoms with Gasteiger partial charge in [-0.2, -0.15) is 0 Å². The van der Waals surface area contributed by atoms with Crippen molar-refractivity contribution in [3.63, 3.8) is 0 Å². The van der Waals surface area contributed by atoms with Gasteiger partial charge in [0.05, 0.1) is 0 Å². The van der Waals surface area contributed by atoms with Gasteiger partial charge in [-0.3, -0.25) is 4.79 Å². The molecule has 1 fully saturated rings. The lowest BCUT2D eigenvalue weighted by molar-refractivity contribution is -0.117. The van der Waals surface area contributed by atoms with E-state index in [-0.39, 0.29) is 18.0 Å². The fraction of sp³-hybridized carbons (Fsp3) is 0.769. The van der Waals surface area contributed by atoms with Gasteiger partial charge in [0.1, 0.15) is 0 Å². The number of rotatable bonds is 5. The van der Waals surface area contributed by atoms with Crippen LogP contribution in [0.2, 0.25) is 0 Å². The Kier molecular flexibility index (Phi) is 6.32. The molecule has 5 nitrogen and oxygen atoms in total. The number of nitrogens with one attached hydrogen (secondary N) is 1. The first-order chi connectivity index (χ1) is 8.52. The summed E-state index contributed by atoms with van der Waals surface area (Å²) in [5.74, 6) is -0.0396. The third-order valence-electron chi connectivity index (χ3n) is 3.26. The molecule has 18 heavy (non-hydrogen) atoms. The molecule has 5 heteroatoms. The molecule has 2 atom stereocenters. The number of likely N-dealkylation sites (tertiary alicyclic amines) is 1. The Labute approximate surface area is 110 Å². The molecule has 0 aromatic heterocycles. The maximum atomic E-state index is 11.7. The lowest BCUT2D eigenvalue weighted by Gasteiger charge is -2.36. The van der Waals surface area contributed by atoms with Gasteiger partial charge in [0.25, 0.3) is 0 Å². The van der Waals surface area contributed by atoms with Crippen molar-refractivity contribution < 1.29 is 4.79 Å². The summed E-state index contributed by atoms with van der Waals surface area (Å²) in [6.07, 6.45) is 4.39. The second-order valence-corrected chi connectivity index (χ2v) is 5.13. The summed E-state index contributed by atoms with van der Waals surface area (Å²) in [7, 11) is 3.94. The molecule has 104 valence electrons. The molecule has 0 aliphatic carbocycles. The van der Waals surface area contributed by atoms with E-state index < -0.39 is 0 Å². The van der Waals surface area contributed by atoms with E-state index in [9.17, 15) is 4.79 Å². The van der Waals surface area contributed by atoms with E-state index in [0.717, 1.165) is 32.6 Å². The molecule has 3 N–H and O–H groups in total. The quantitative estimate of drug-likeness (QED) is 0.658. The number of carbonyl (C=O) groups excluding carboxylic acids is 1. The molecule has 1 aliphatic heterocycles. The molecule has 0 spiro atoms. The zero-order valence-electron chi connectivity index (χ0n) is 11.7. The molecule has 0 unspecified atom stereocenters. The molecule has 1 saturated heterocycles. The van der Waals surface area contributed by atoms with Crippen LogP contribution < -0.4 is 11.1 Å². The monoisotopic (exact) mass is 254 g/mol. The largest absolute Gasteiger partial charge is 0.348 e. The number of hydrogen-bond donors (Lipinski definition) is 2. The topological polar surface area (TPSA) is 61.6 Å². The summed E-state index contributed by atoms with van der Waals surface area (Å²) in [6.45, 7) is 5.81. The summed E-state index contributed by atoms with van der Waals surface area (Å²) < 4.78 is 0. The van der Waals surface area contributed by atoms with Crippen LogP contribution in [-0.4, -0.2) is 68.1 Å². The molecule has 1 heterocycles. The van der Waals surface area contributed by atoms with Crippen LogP contribution in [0.1, 0.15) is 13.3 Å². The lowest BCUT2D eigenvalue weighted by Crippen LogP contribution is -2.57. The Morgan fingerprint density at radius 2 is 2.28 bits per heavy atom. The van der Waals surface area contributed by atoms with Crippen molar-refractivity contribution in [1.82, 2.24) is 15.1 Å². The van der Waals surface area contributed by atoms with Crippen LogP contribution in [0, 0.1) is 0 Å². The van der Waals surface area contributed by atoms with E-state index >= 15 is 0 Å². The minimum atomic E-state index is -0.0396. The van der Waals surface area contributed by atoms with Crippen molar-refractivity contribution in [1.29, 1.82) is 0 Å². The van der Waals surface area contributed by atoms with Crippen molar-refractivity contribution in [3.05, 3.63) is 12.2 Å². The van der Waals surface area contributed by atoms with Crippen LogP contribution in [-0.2, 0) is 4.79 Å². The van der Waals surface area contributed by atoms with E-state index in [1.54, 1.807) is 6.08 Å². The zero-order valence-corrected chi connectivity index (χ0v) is 11.7. The first-order valence-electron chi connectivity index (χ1n) is 6.62. The molecule has 1 amide bonds. The number of piperidine rings is 1. The summed E-state index contributed by atoms with van der Waals surface area (Å²) in [4.78, 5) is 16.0. The number of likely N-dealkylation sites (N-methyl/N-ethyl adjacent to an activating group) is 2. The van der Waals surface area contributed by atoms with Gasteiger partial charge in [0, 0.05) is 37.8 Å². The van der Waals surface area contributed by atoms with E-state index in [1.807, 2.05) is 25.1 Å². The van der Waals surface area contributed by atoms with Gasteiger partial charge in [0.2, 0.25) is 5.91 Å². The minimum Gasteiger partial charge on any atom is -0.348 e. The third kappa shape index (κ3) is 5.16. The van der Waals surface area contributed by atoms with Crippen molar-refractivity contribution in [2.75, 3.05) is 40.3 Å². The summed E-state index contributed by atoms with van der Waals surface area (Å²) in [6, 6.07) is 0.134. The highest BCUT2D eigenvalue weighted by Crippen LogP contribution is 2.09. The maximum Gasteiger partial charge on any atom is 0.243 e. The van der Waals surface area contributed by atoms with Gasteiger partial charge in [-0.1, -0.05) is 13.0 Å². The summed E-state index contributed by atoms with van der Waals surface area (Å²) in [5, 5.41) is 2.99. The van der Waals surface area contributed by atoms with Crippen LogP contribution in [0.3, 0.4) is 0 Å². The Morgan fingerprint density at radius 1 is 1.56 bits per heavy atom. The molecule has 0 bridgehead atoms.